The van der Waals surface area contributed by atoms with Gasteiger partial charge in [-0.25, -0.2) is 4.98 Å². The number of rotatable bonds is 3. The Balaban J connectivity index is 1.72. The van der Waals surface area contributed by atoms with Crippen LogP contribution in [0.5, 0.6) is 0 Å². The third kappa shape index (κ3) is 2.63. The third-order valence-electron chi connectivity index (χ3n) is 4.25. The lowest BCUT2D eigenvalue weighted by Crippen LogP contribution is -2.37. The number of halogens is 1. The van der Waals surface area contributed by atoms with Gasteiger partial charge in [0.15, 0.2) is 0 Å². The fourth-order valence-corrected chi connectivity index (χ4v) is 3.20. The summed E-state index contributed by atoms with van der Waals surface area (Å²) >= 11 is 5.98. The van der Waals surface area contributed by atoms with Crippen molar-refractivity contribution in [2.45, 2.75) is 45.7 Å². The van der Waals surface area contributed by atoms with Crippen LogP contribution in [0, 0.1) is 5.41 Å². The fourth-order valence-electron chi connectivity index (χ4n) is 3.04. The largest absolute Gasteiger partial charge is 0.308 e. The molecule has 2 aromatic heterocycles. The second-order valence-electron chi connectivity index (χ2n) is 6.16. The predicted octanol–water partition coefficient (Wildman–Crippen LogP) is 3.66. The van der Waals surface area contributed by atoms with Crippen molar-refractivity contribution in [3.63, 3.8) is 0 Å². The van der Waals surface area contributed by atoms with Gasteiger partial charge in [0.05, 0.1) is 10.7 Å². The third-order valence-corrected chi connectivity index (χ3v) is 4.48. The van der Waals surface area contributed by atoms with E-state index in [1.807, 2.05) is 22.7 Å². The summed E-state index contributed by atoms with van der Waals surface area (Å²) in [5.74, 6) is 0. The van der Waals surface area contributed by atoms with Gasteiger partial charge in [-0.1, -0.05) is 31.9 Å². The molecule has 0 aliphatic heterocycles. The van der Waals surface area contributed by atoms with Crippen LogP contribution in [-0.2, 0) is 6.54 Å². The Kier molecular flexibility index (Phi) is 3.27. The zero-order chi connectivity index (χ0) is 13.5. The van der Waals surface area contributed by atoms with Crippen molar-refractivity contribution in [3.8, 4) is 0 Å². The molecule has 4 heteroatoms. The average Bonchev–Trinajstić information content (AvgIpc) is 2.88. The number of imidazole rings is 1. The molecule has 0 radical (unpaired) electrons. The molecule has 3 nitrogen and oxygen atoms in total. The average molecular weight is 278 g/mol. The van der Waals surface area contributed by atoms with Gasteiger partial charge in [0.1, 0.15) is 5.65 Å². The van der Waals surface area contributed by atoms with Crippen LogP contribution in [0.3, 0.4) is 0 Å². The Morgan fingerprint density at radius 3 is 3.00 bits per heavy atom. The van der Waals surface area contributed by atoms with E-state index in [4.69, 9.17) is 11.6 Å². The number of pyridine rings is 1. The zero-order valence-corrected chi connectivity index (χ0v) is 12.2. The van der Waals surface area contributed by atoms with Gasteiger partial charge >= 0.3 is 0 Å². The summed E-state index contributed by atoms with van der Waals surface area (Å²) in [6.07, 6.45) is 7.85. The summed E-state index contributed by atoms with van der Waals surface area (Å²) in [4.78, 5) is 4.60. The maximum Gasteiger partial charge on any atom is 0.137 e. The first kappa shape index (κ1) is 12.9. The van der Waals surface area contributed by atoms with Crippen LogP contribution < -0.4 is 5.32 Å². The van der Waals surface area contributed by atoms with E-state index in [1.165, 1.54) is 19.3 Å². The van der Waals surface area contributed by atoms with Gasteiger partial charge in [-0.05, 0) is 30.4 Å². The number of nitrogens with one attached hydrogen (secondary N) is 1. The van der Waals surface area contributed by atoms with E-state index in [0.29, 0.717) is 11.5 Å². The molecule has 1 fully saturated rings. The lowest BCUT2D eigenvalue weighted by atomic mass is 9.87. The van der Waals surface area contributed by atoms with Crippen LogP contribution in [0.2, 0.25) is 5.02 Å². The first-order valence-electron chi connectivity index (χ1n) is 6.91. The minimum absolute atomic E-state index is 0.405. The van der Waals surface area contributed by atoms with E-state index in [1.54, 1.807) is 0 Å². The first-order valence-corrected chi connectivity index (χ1v) is 7.29. The summed E-state index contributed by atoms with van der Waals surface area (Å²) in [7, 11) is 0. The van der Waals surface area contributed by atoms with Gasteiger partial charge in [0, 0.05) is 25.0 Å². The summed E-state index contributed by atoms with van der Waals surface area (Å²) in [6, 6.07) is 4.42. The second kappa shape index (κ2) is 4.80. The Morgan fingerprint density at radius 1 is 1.42 bits per heavy atom. The Labute approximate surface area is 119 Å². The highest BCUT2D eigenvalue weighted by Gasteiger charge is 2.33. The molecule has 1 aliphatic rings. The van der Waals surface area contributed by atoms with Crippen molar-refractivity contribution >= 4 is 17.2 Å². The van der Waals surface area contributed by atoms with E-state index >= 15 is 0 Å². The van der Waals surface area contributed by atoms with E-state index in [2.05, 4.69) is 30.3 Å². The standard InChI is InChI=1S/C15H20ClN3/c1-15(2)7-3-4-13(15)17-8-12-10-19-9-11(16)5-6-14(19)18-12/h5-6,9-10,13,17H,3-4,7-8H2,1-2H3. The Bertz CT molecular complexity index is 588. The van der Waals surface area contributed by atoms with E-state index in [0.717, 1.165) is 22.9 Å². The normalized spacial score (nSPS) is 22.2. The quantitative estimate of drug-likeness (QED) is 0.928. The molecule has 1 aliphatic carbocycles. The van der Waals surface area contributed by atoms with Gasteiger partial charge in [-0.15, -0.1) is 0 Å². The van der Waals surface area contributed by atoms with Crippen molar-refractivity contribution in [2.75, 3.05) is 0 Å². The molecule has 19 heavy (non-hydrogen) atoms. The first-order chi connectivity index (χ1) is 9.04. The molecule has 1 saturated carbocycles. The van der Waals surface area contributed by atoms with Crippen LogP contribution in [-0.4, -0.2) is 15.4 Å². The molecule has 1 atom stereocenters. The molecule has 0 bridgehead atoms. The highest BCUT2D eigenvalue weighted by molar-refractivity contribution is 6.30. The molecule has 1 N–H and O–H groups in total. The van der Waals surface area contributed by atoms with Crippen LogP contribution in [0.4, 0.5) is 0 Å². The van der Waals surface area contributed by atoms with Gasteiger partial charge < -0.3 is 9.72 Å². The molecule has 3 rings (SSSR count). The van der Waals surface area contributed by atoms with Crippen molar-refractivity contribution in [2.24, 2.45) is 5.41 Å². The molecular weight excluding hydrogens is 258 g/mol. The number of nitrogens with zero attached hydrogens (tertiary/aromatic N) is 2. The molecule has 2 aromatic rings. The van der Waals surface area contributed by atoms with Crippen LogP contribution in [0.25, 0.3) is 5.65 Å². The number of aromatic nitrogens is 2. The van der Waals surface area contributed by atoms with Gasteiger partial charge in [0.2, 0.25) is 0 Å². The monoisotopic (exact) mass is 277 g/mol. The van der Waals surface area contributed by atoms with Crippen LogP contribution in [0.1, 0.15) is 38.8 Å². The molecular formula is C15H20ClN3. The highest BCUT2D eigenvalue weighted by Crippen LogP contribution is 2.37. The molecule has 0 spiro atoms. The molecule has 0 amide bonds. The Morgan fingerprint density at radius 2 is 2.26 bits per heavy atom. The number of hydrogen-bond acceptors (Lipinski definition) is 2. The predicted molar refractivity (Wildman–Crippen MR) is 78.5 cm³/mol. The molecule has 102 valence electrons. The maximum atomic E-state index is 5.98. The number of hydrogen-bond donors (Lipinski definition) is 1. The summed E-state index contributed by atoms with van der Waals surface area (Å²) in [5, 5.41) is 4.39. The lowest BCUT2D eigenvalue weighted by Gasteiger charge is -2.27. The van der Waals surface area contributed by atoms with E-state index < -0.39 is 0 Å². The molecule has 1 unspecified atom stereocenters. The minimum Gasteiger partial charge on any atom is -0.308 e. The second-order valence-corrected chi connectivity index (χ2v) is 6.60. The zero-order valence-electron chi connectivity index (χ0n) is 11.5. The molecule has 0 aromatic carbocycles. The smallest absolute Gasteiger partial charge is 0.137 e. The van der Waals surface area contributed by atoms with Gasteiger partial charge in [0.25, 0.3) is 0 Å². The highest BCUT2D eigenvalue weighted by atomic mass is 35.5. The van der Waals surface area contributed by atoms with E-state index in [9.17, 15) is 0 Å². The van der Waals surface area contributed by atoms with Crippen molar-refractivity contribution in [1.29, 1.82) is 0 Å². The SMILES string of the molecule is CC1(C)CCCC1NCc1cn2cc(Cl)ccc2n1. The lowest BCUT2D eigenvalue weighted by molar-refractivity contribution is 0.282. The van der Waals surface area contributed by atoms with Gasteiger partial charge in [-0.2, -0.15) is 0 Å². The maximum absolute atomic E-state index is 5.98. The van der Waals surface area contributed by atoms with E-state index in [-0.39, 0.29) is 0 Å². The molecule has 0 saturated heterocycles. The number of fused-ring (bicyclic) bond motifs is 1. The van der Waals surface area contributed by atoms with Crippen LogP contribution in [0.15, 0.2) is 24.5 Å². The van der Waals surface area contributed by atoms with Crippen molar-refractivity contribution in [1.82, 2.24) is 14.7 Å². The minimum atomic E-state index is 0.405. The van der Waals surface area contributed by atoms with Crippen LogP contribution >= 0.6 is 11.6 Å². The van der Waals surface area contributed by atoms with Gasteiger partial charge in [-0.3, -0.25) is 0 Å². The topological polar surface area (TPSA) is 29.3 Å². The summed E-state index contributed by atoms with van der Waals surface area (Å²) in [5.41, 5.74) is 2.43. The van der Waals surface area contributed by atoms with Crippen molar-refractivity contribution < 1.29 is 0 Å². The Hall–Kier alpha value is -1.06. The fraction of sp³-hybridized carbons (Fsp3) is 0.533. The van der Waals surface area contributed by atoms with Crippen molar-refractivity contribution in [3.05, 3.63) is 35.2 Å². The molecule has 2 heterocycles. The summed E-state index contributed by atoms with van der Waals surface area (Å²) in [6.45, 7) is 5.52. The summed E-state index contributed by atoms with van der Waals surface area (Å²) < 4.78 is 1.99.